The van der Waals surface area contributed by atoms with Gasteiger partial charge < -0.3 is 20.7 Å². The maximum Gasteiger partial charge on any atom is 0.258 e. The van der Waals surface area contributed by atoms with Crippen LogP contribution in [0.3, 0.4) is 0 Å². The van der Waals surface area contributed by atoms with E-state index in [2.05, 4.69) is 27.2 Å². The number of unbranched alkanes of at least 4 members (excludes halogenated alkanes) is 1. The van der Waals surface area contributed by atoms with Crippen molar-refractivity contribution in [1.29, 1.82) is 0 Å². The molecule has 1 saturated carbocycles. The summed E-state index contributed by atoms with van der Waals surface area (Å²) in [7, 11) is 1.79. The molecular weight excluding hydrogens is 360 g/mol. The van der Waals surface area contributed by atoms with Crippen molar-refractivity contribution >= 4 is 23.6 Å². The topological polar surface area (TPSA) is 74.8 Å². The average Bonchev–Trinajstić information content (AvgIpc) is 3.49. The van der Waals surface area contributed by atoms with Crippen LogP contribution in [0, 0.1) is 0 Å². The van der Waals surface area contributed by atoms with Crippen LogP contribution in [0.2, 0.25) is 0 Å². The van der Waals surface area contributed by atoms with Gasteiger partial charge in [-0.25, -0.2) is 0 Å². The fourth-order valence-electron chi connectivity index (χ4n) is 2.52. The van der Waals surface area contributed by atoms with E-state index in [1.165, 1.54) is 17.7 Å². The molecule has 0 radical (unpaired) electrons. The highest BCUT2D eigenvalue weighted by molar-refractivity contribution is 7.98. The lowest BCUT2D eigenvalue weighted by Crippen LogP contribution is -2.38. The van der Waals surface area contributed by atoms with Gasteiger partial charge in [-0.15, -0.1) is 0 Å². The molecule has 0 atom stereocenters. The molecule has 1 fully saturated rings. The standard InChI is InChI=1S/C20H32N4O2S/c1-21-20(22-12-3-4-14-27-2)23-13-11-16-5-9-18(10-6-16)26-15-19(25)24-17-7-8-17/h5-6,9-10,17H,3-4,7-8,11-15H2,1-2H3,(H,24,25)(H2,21,22,23). The molecule has 1 aromatic rings. The lowest BCUT2D eigenvalue weighted by molar-refractivity contribution is -0.123. The second kappa shape index (κ2) is 12.5. The van der Waals surface area contributed by atoms with Gasteiger partial charge in [0.25, 0.3) is 5.91 Å². The highest BCUT2D eigenvalue weighted by Gasteiger charge is 2.23. The molecule has 1 aromatic carbocycles. The Morgan fingerprint density at radius 1 is 1.19 bits per heavy atom. The molecule has 150 valence electrons. The fraction of sp³-hybridized carbons (Fsp3) is 0.600. The number of amides is 1. The van der Waals surface area contributed by atoms with Gasteiger partial charge in [-0.2, -0.15) is 11.8 Å². The monoisotopic (exact) mass is 392 g/mol. The SMILES string of the molecule is CN=C(NCCCCSC)NCCc1ccc(OCC(=O)NC2CC2)cc1. The van der Waals surface area contributed by atoms with Gasteiger partial charge in [0.2, 0.25) is 0 Å². The number of nitrogens with zero attached hydrogens (tertiary/aromatic N) is 1. The number of carbonyl (C=O) groups excluding carboxylic acids is 1. The van der Waals surface area contributed by atoms with E-state index in [9.17, 15) is 4.79 Å². The van der Waals surface area contributed by atoms with E-state index in [0.717, 1.165) is 50.5 Å². The molecular formula is C20H32N4O2S. The number of carbonyl (C=O) groups is 1. The van der Waals surface area contributed by atoms with Crippen molar-refractivity contribution in [2.45, 2.75) is 38.1 Å². The first-order valence-electron chi connectivity index (χ1n) is 9.66. The van der Waals surface area contributed by atoms with Crippen molar-refractivity contribution in [2.24, 2.45) is 4.99 Å². The van der Waals surface area contributed by atoms with Gasteiger partial charge in [0.05, 0.1) is 0 Å². The molecule has 7 heteroatoms. The third-order valence-electron chi connectivity index (χ3n) is 4.23. The van der Waals surface area contributed by atoms with E-state index in [0.29, 0.717) is 6.04 Å². The van der Waals surface area contributed by atoms with Crippen LogP contribution in [0.5, 0.6) is 5.75 Å². The van der Waals surface area contributed by atoms with Crippen molar-refractivity contribution in [2.75, 3.05) is 38.8 Å². The molecule has 3 N–H and O–H groups in total. The van der Waals surface area contributed by atoms with E-state index in [1.54, 1.807) is 7.05 Å². The Morgan fingerprint density at radius 3 is 2.59 bits per heavy atom. The Bertz CT molecular complexity index is 588. The third kappa shape index (κ3) is 9.56. The van der Waals surface area contributed by atoms with Gasteiger partial charge in [-0.05, 0) is 61.8 Å². The molecule has 0 saturated heterocycles. The Balaban J connectivity index is 1.60. The Kier molecular flexibility index (Phi) is 9.90. The molecule has 0 heterocycles. The van der Waals surface area contributed by atoms with Crippen LogP contribution in [-0.4, -0.2) is 56.7 Å². The number of thioether (sulfide) groups is 1. The Hall–Kier alpha value is -1.89. The minimum absolute atomic E-state index is 0.0434. The van der Waals surface area contributed by atoms with Crippen molar-refractivity contribution in [3.05, 3.63) is 29.8 Å². The van der Waals surface area contributed by atoms with Crippen LogP contribution < -0.4 is 20.7 Å². The van der Waals surface area contributed by atoms with Crippen LogP contribution in [0.4, 0.5) is 0 Å². The molecule has 1 amide bonds. The number of benzene rings is 1. The Morgan fingerprint density at radius 2 is 1.93 bits per heavy atom. The molecule has 2 rings (SSSR count). The average molecular weight is 393 g/mol. The van der Waals surface area contributed by atoms with Gasteiger partial charge in [-0.1, -0.05) is 12.1 Å². The van der Waals surface area contributed by atoms with E-state index in [-0.39, 0.29) is 12.5 Å². The van der Waals surface area contributed by atoms with Gasteiger partial charge in [-0.3, -0.25) is 9.79 Å². The first-order chi connectivity index (χ1) is 13.2. The van der Waals surface area contributed by atoms with Gasteiger partial charge in [0.15, 0.2) is 12.6 Å². The van der Waals surface area contributed by atoms with E-state index >= 15 is 0 Å². The summed E-state index contributed by atoms with van der Waals surface area (Å²) in [5.74, 6) is 2.73. The summed E-state index contributed by atoms with van der Waals surface area (Å²) < 4.78 is 5.53. The van der Waals surface area contributed by atoms with Gasteiger partial charge >= 0.3 is 0 Å². The zero-order valence-corrected chi connectivity index (χ0v) is 17.2. The van der Waals surface area contributed by atoms with Crippen LogP contribution in [-0.2, 0) is 11.2 Å². The molecule has 0 aromatic heterocycles. The van der Waals surface area contributed by atoms with Crippen molar-refractivity contribution in [3.63, 3.8) is 0 Å². The zero-order valence-electron chi connectivity index (χ0n) is 16.4. The zero-order chi connectivity index (χ0) is 19.3. The second-order valence-corrected chi connectivity index (χ2v) is 7.64. The Labute approximate surface area is 166 Å². The summed E-state index contributed by atoms with van der Waals surface area (Å²) in [6, 6.07) is 8.28. The van der Waals surface area contributed by atoms with Crippen molar-refractivity contribution < 1.29 is 9.53 Å². The lowest BCUT2D eigenvalue weighted by Gasteiger charge is -2.12. The summed E-state index contributed by atoms with van der Waals surface area (Å²) >= 11 is 1.89. The molecule has 0 unspecified atom stereocenters. The molecule has 27 heavy (non-hydrogen) atoms. The maximum atomic E-state index is 11.6. The number of guanidine groups is 1. The molecule has 0 bridgehead atoms. The largest absolute Gasteiger partial charge is 0.484 e. The number of ether oxygens (including phenoxy) is 1. The summed E-state index contributed by atoms with van der Waals surface area (Å²) in [5.41, 5.74) is 1.22. The summed E-state index contributed by atoms with van der Waals surface area (Å²) in [6.45, 7) is 1.84. The first kappa shape index (κ1) is 21.4. The van der Waals surface area contributed by atoms with Gasteiger partial charge in [0.1, 0.15) is 5.75 Å². The molecule has 6 nitrogen and oxygen atoms in total. The molecule has 0 aliphatic heterocycles. The van der Waals surface area contributed by atoms with Gasteiger partial charge in [0, 0.05) is 26.2 Å². The van der Waals surface area contributed by atoms with E-state index < -0.39 is 0 Å². The first-order valence-corrected chi connectivity index (χ1v) is 11.0. The number of rotatable bonds is 12. The summed E-state index contributed by atoms with van der Waals surface area (Å²) in [5, 5.41) is 9.59. The van der Waals surface area contributed by atoms with Crippen molar-refractivity contribution in [3.8, 4) is 5.75 Å². The maximum absolute atomic E-state index is 11.6. The number of hydrogen-bond acceptors (Lipinski definition) is 4. The number of nitrogens with one attached hydrogen (secondary N) is 3. The lowest BCUT2D eigenvalue weighted by atomic mass is 10.1. The minimum Gasteiger partial charge on any atom is -0.484 e. The highest BCUT2D eigenvalue weighted by Crippen LogP contribution is 2.18. The minimum atomic E-state index is -0.0434. The van der Waals surface area contributed by atoms with Crippen LogP contribution >= 0.6 is 11.8 Å². The summed E-state index contributed by atoms with van der Waals surface area (Å²) in [4.78, 5) is 15.9. The van der Waals surface area contributed by atoms with Crippen LogP contribution in [0.1, 0.15) is 31.2 Å². The molecule has 1 aliphatic rings. The van der Waals surface area contributed by atoms with E-state index in [1.807, 2.05) is 36.0 Å². The molecule has 0 spiro atoms. The fourth-order valence-corrected chi connectivity index (χ4v) is 3.02. The quantitative estimate of drug-likeness (QED) is 0.289. The number of hydrogen-bond donors (Lipinski definition) is 3. The summed E-state index contributed by atoms with van der Waals surface area (Å²) in [6.07, 6.45) is 7.59. The smallest absolute Gasteiger partial charge is 0.258 e. The van der Waals surface area contributed by atoms with Crippen molar-refractivity contribution in [1.82, 2.24) is 16.0 Å². The van der Waals surface area contributed by atoms with E-state index in [4.69, 9.17) is 4.74 Å². The predicted molar refractivity (Wildman–Crippen MR) is 114 cm³/mol. The second-order valence-electron chi connectivity index (χ2n) is 6.65. The number of aliphatic imine (C=N–C) groups is 1. The normalized spacial score (nSPS) is 13.9. The third-order valence-corrected chi connectivity index (χ3v) is 4.93. The predicted octanol–water partition coefficient (Wildman–Crippen LogP) is 2.19. The van der Waals surface area contributed by atoms with Crippen LogP contribution in [0.25, 0.3) is 0 Å². The highest BCUT2D eigenvalue weighted by atomic mass is 32.2. The van der Waals surface area contributed by atoms with Crippen LogP contribution in [0.15, 0.2) is 29.3 Å². The molecule has 1 aliphatic carbocycles.